The van der Waals surface area contributed by atoms with Crippen LogP contribution in [0.5, 0.6) is 0 Å². The average molecular weight is 181 g/mol. The second-order valence-corrected chi connectivity index (χ2v) is 3.29. The van der Waals surface area contributed by atoms with Crippen LogP contribution in [0.3, 0.4) is 0 Å². The summed E-state index contributed by atoms with van der Waals surface area (Å²) in [6.07, 6.45) is 0. The molecule has 2 heterocycles. The van der Waals surface area contributed by atoms with E-state index >= 15 is 0 Å². The van der Waals surface area contributed by atoms with Gasteiger partial charge in [-0.05, 0) is 13.1 Å². The van der Waals surface area contributed by atoms with E-state index in [2.05, 4.69) is 10.00 Å². The Morgan fingerprint density at radius 2 is 2.38 bits per heavy atom. The SMILES string of the molecule is CN1CCn2nc(C(=O)O)cc2C1. The monoisotopic (exact) mass is 181 g/mol. The standard InChI is InChI=1S/C8H11N3O2/c1-10-2-3-11-6(5-10)4-7(9-11)8(12)13/h4H,2-3,5H2,1H3,(H,12,13). The van der Waals surface area contributed by atoms with Crippen LogP contribution in [-0.4, -0.2) is 39.3 Å². The molecule has 0 saturated heterocycles. The van der Waals surface area contributed by atoms with E-state index < -0.39 is 5.97 Å². The lowest BCUT2D eigenvalue weighted by Crippen LogP contribution is -2.30. The summed E-state index contributed by atoms with van der Waals surface area (Å²) >= 11 is 0. The normalized spacial score (nSPS) is 17.0. The third-order valence-corrected chi connectivity index (χ3v) is 2.21. The lowest BCUT2D eigenvalue weighted by Gasteiger charge is -2.22. The number of aromatic carboxylic acids is 1. The van der Waals surface area contributed by atoms with Crippen LogP contribution in [0.1, 0.15) is 16.2 Å². The molecule has 0 radical (unpaired) electrons. The summed E-state index contributed by atoms with van der Waals surface area (Å²) in [6, 6.07) is 1.64. The molecule has 0 atom stereocenters. The molecule has 70 valence electrons. The van der Waals surface area contributed by atoms with Gasteiger partial charge in [-0.15, -0.1) is 0 Å². The van der Waals surface area contributed by atoms with Gasteiger partial charge in [0.05, 0.1) is 12.2 Å². The highest BCUT2D eigenvalue weighted by atomic mass is 16.4. The summed E-state index contributed by atoms with van der Waals surface area (Å²) in [4.78, 5) is 12.8. The van der Waals surface area contributed by atoms with Crippen molar-refractivity contribution in [1.29, 1.82) is 0 Å². The molecule has 1 aliphatic heterocycles. The molecular weight excluding hydrogens is 170 g/mol. The van der Waals surface area contributed by atoms with Crippen molar-refractivity contribution in [1.82, 2.24) is 14.7 Å². The Morgan fingerprint density at radius 1 is 1.62 bits per heavy atom. The van der Waals surface area contributed by atoms with Crippen LogP contribution in [-0.2, 0) is 13.1 Å². The van der Waals surface area contributed by atoms with E-state index in [0.29, 0.717) is 0 Å². The van der Waals surface area contributed by atoms with Gasteiger partial charge in [0.1, 0.15) is 0 Å². The number of aromatic nitrogens is 2. The second kappa shape index (κ2) is 2.85. The highest BCUT2D eigenvalue weighted by Gasteiger charge is 2.17. The molecule has 1 N–H and O–H groups in total. The fraction of sp³-hybridized carbons (Fsp3) is 0.500. The Balaban J connectivity index is 2.33. The van der Waals surface area contributed by atoms with E-state index in [1.165, 1.54) is 0 Å². The molecule has 1 aromatic heterocycles. The van der Waals surface area contributed by atoms with E-state index in [9.17, 15) is 4.79 Å². The highest BCUT2D eigenvalue weighted by Crippen LogP contribution is 2.11. The van der Waals surface area contributed by atoms with E-state index in [1.807, 2.05) is 7.05 Å². The molecule has 2 rings (SSSR count). The van der Waals surface area contributed by atoms with Crippen molar-refractivity contribution in [2.24, 2.45) is 0 Å². The fourth-order valence-electron chi connectivity index (χ4n) is 1.50. The number of likely N-dealkylation sites (N-methyl/N-ethyl adjacent to an activating group) is 1. The summed E-state index contributed by atoms with van der Waals surface area (Å²) in [6.45, 7) is 2.48. The number of hydrogen-bond donors (Lipinski definition) is 1. The van der Waals surface area contributed by atoms with Crippen molar-refractivity contribution < 1.29 is 9.90 Å². The Morgan fingerprint density at radius 3 is 3.08 bits per heavy atom. The minimum atomic E-state index is -0.954. The van der Waals surface area contributed by atoms with Crippen molar-refractivity contribution in [3.8, 4) is 0 Å². The van der Waals surface area contributed by atoms with Gasteiger partial charge in [0, 0.05) is 13.1 Å². The van der Waals surface area contributed by atoms with Crippen molar-refractivity contribution in [3.05, 3.63) is 17.5 Å². The molecule has 13 heavy (non-hydrogen) atoms. The Labute approximate surface area is 75.6 Å². The molecular formula is C8H11N3O2. The van der Waals surface area contributed by atoms with Crippen LogP contribution >= 0.6 is 0 Å². The lowest BCUT2D eigenvalue weighted by molar-refractivity contribution is 0.0689. The number of carboxylic acid groups (broad SMARTS) is 1. The van der Waals surface area contributed by atoms with Crippen LogP contribution in [0.2, 0.25) is 0 Å². The zero-order chi connectivity index (χ0) is 9.42. The highest BCUT2D eigenvalue weighted by molar-refractivity contribution is 5.85. The molecule has 0 saturated carbocycles. The van der Waals surface area contributed by atoms with Crippen molar-refractivity contribution in [3.63, 3.8) is 0 Å². The zero-order valence-corrected chi connectivity index (χ0v) is 7.40. The number of nitrogens with zero attached hydrogens (tertiary/aromatic N) is 3. The maximum Gasteiger partial charge on any atom is 0.356 e. The number of rotatable bonds is 1. The Bertz CT molecular complexity index is 345. The van der Waals surface area contributed by atoms with Crippen LogP contribution in [0, 0.1) is 0 Å². The fourth-order valence-corrected chi connectivity index (χ4v) is 1.50. The molecule has 1 aromatic rings. The summed E-state index contributed by atoms with van der Waals surface area (Å²) in [5, 5.41) is 12.7. The molecule has 0 aromatic carbocycles. The van der Waals surface area contributed by atoms with Gasteiger partial charge in [-0.1, -0.05) is 0 Å². The lowest BCUT2D eigenvalue weighted by atomic mass is 10.3. The van der Waals surface area contributed by atoms with Crippen LogP contribution < -0.4 is 0 Å². The molecule has 0 unspecified atom stereocenters. The minimum Gasteiger partial charge on any atom is -0.476 e. The van der Waals surface area contributed by atoms with E-state index in [-0.39, 0.29) is 5.69 Å². The summed E-state index contributed by atoms with van der Waals surface area (Å²) in [5.41, 5.74) is 1.12. The maximum atomic E-state index is 10.6. The average Bonchev–Trinajstić information content (AvgIpc) is 2.46. The number of fused-ring (bicyclic) bond motifs is 1. The molecule has 0 spiro atoms. The predicted octanol–water partition coefficient (Wildman–Crippen LogP) is 0.0267. The first kappa shape index (κ1) is 8.25. The quantitative estimate of drug-likeness (QED) is 0.664. The summed E-state index contributed by atoms with van der Waals surface area (Å²) in [5.74, 6) is -0.954. The molecule has 0 amide bonds. The van der Waals surface area contributed by atoms with Gasteiger partial charge in [0.15, 0.2) is 5.69 Å². The minimum absolute atomic E-state index is 0.144. The van der Waals surface area contributed by atoms with Crippen molar-refractivity contribution >= 4 is 5.97 Å². The van der Waals surface area contributed by atoms with E-state index in [4.69, 9.17) is 5.11 Å². The predicted molar refractivity (Wildman–Crippen MR) is 45.5 cm³/mol. The Kier molecular flexibility index (Phi) is 1.81. The number of carbonyl (C=O) groups is 1. The van der Waals surface area contributed by atoms with Gasteiger partial charge in [-0.2, -0.15) is 5.10 Å². The Hall–Kier alpha value is -1.36. The van der Waals surface area contributed by atoms with Crippen LogP contribution in [0.25, 0.3) is 0 Å². The summed E-state index contributed by atoms with van der Waals surface area (Å²) < 4.78 is 1.77. The van der Waals surface area contributed by atoms with Gasteiger partial charge in [-0.25, -0.2) is 4.79 Å². The van der Waals surface area contributed by atoms with Crippen LogP contribution in [0.4, 0.5) is 0 Å². The van der Waals surface area contributed by atoms with Crippen molar-refractivity contribution in [2.45, 2.75) is 13.1 Å². The third-order valence-electron chi connectivity index (χ3n) is 2.21. The second-order valence-electron chi connectivity index (χ2n) is 3.29. The molecule has 0 aliphatic carbocycles. The molecule has 0 bridgehead atoms. The van der Waals surface area contributed by atoms with Gasteiger partial charge in [0.2, 0.25) is 0 Å². The van der Waals surface area contributed by atoms with Gasteiger partial charge in [0.25, 0.3) is 0 Å². The smallest absolute Gasteiger partial charge is 0.356 e. The van der Waals surface area contributed by atoms with Gasteiger partial charge < -0.3 is 5.11 Å². The van der Waals surface area contributed by atoms with Gasteiger partial charge >= 0.3 is 5.97 Å². The number of carboxylic acids is 1. The van der Waals surface area contributed by atoms with E-state index in [0.717, 1.165) is 25.3 Å². The molecule has 0 fully saturated rings. The molecule has 5 heteroatoms. The molecule has 1 aliphatic rings. The molecule has 5 nitrogen and oxygen atoms in total. The first-order chi connectivity index (χ1) is 6.16. The van der Waals surface area contributed by atoms with Gasteiger partial charge in [-0.3, -0.25) is 9.58 Å². The maximum absolute atomic E-state index is 10.6. The zero-order valence-electron chi connectivity index (χ0n) is 7.40. The summed E-state index contributed by atoms with van der Waals surface area (Å²) in [7, 11) is 2.01. The third kappa shape index (κ3) is 1.42. The first-order valence-electron chi connectivity index (χ1n) is 4.15. The number of hydrogen-bond acceptors (Lipinski definition) is 3. The van der Waals surface area contributed by atoms with Crippen molar-refractivity contribution in [2.75, 3.05) is 13.6 Å². The van der Waals surface area contributed by atoms with Crippen LogP contribution in [0.15, 0.2) is 6.07 Å². The van der Waals surface area contributed by atoms with E-state index in [1.54, 1.807) is 10.7 Å². The topological polar surface area (TPSA) is 58.4 Å². The largest absolute Gasteiger partial charge is 0.476 e. The first-order valence-corrected chi connectivity index (χ1v) is 4.15.